The van der Waals surface area contributed by atoms with Gasteiger partial charge in [-0.2, -0.15) is 18.3 Å². The highest BCUT2D eigenvalue weighted by Gasteiger charge is 2.31. The summed E-state index contributed by atoms with van der Waals surface area (Å²) >= 11 is 0. The first kappa shape index (κ1) is 24.5. The fourth-order valence-electron chi connectivity index (χ4n) is 3.44. The quantitative estimate of drug-likeness (QED) is 0.276. The highest BCUT2D eigenvalue weighted by molar-refractivity contribution is 6.01. The molecule has 4 aromatic rings. The zero-order valence-corrected chi connectivity index (χ0v) is 18.7. The van der Waals surface area contributed by atoms with Gasteiger partial charge in [-0.25, -0.2) is 14.3 Å². The molecule has 2 aromatic carbocycles. The topological polar surface area (TPSA) is 92.4 Å². The second kappa shape index (κ2) is 9.90. The van der Waals surface area contributed by atoms with Gasteiger partial charge in [0.25, 0.3) is 0 Å². The number of carbonyl (C=O) groups is 3. The van der Waals surface area contributed by atoms with Crippen molar-refractivity contribution in [3.8, 4) is 11.5 Å². The van der Waals surface area contributed by atoms with Crippen LogP contribution in [0.1, 0.15) is 36.6 Å². The summed E-state index contributed by atoms with van der Waals surface area (Å²) in [6.07, 6.45) is -0.243. The number of methoxy groups -OCH3 is 1. The van der Waals surface area contributed by atoms with Gasteiger partial charge in [-0.1, -0.05) is 18.2 Å². The lowest BCUT2D eigenvalue weighted by Gasteiger charge is -2.13. The molecular formula is C25H18F3N3O5. The Morgan fingerprint density at radius 1 is 0.917 bits per heavy atom. The Morgan fingerprint density at radius 2 is 1.61 bits per heavy atom. The Balaban J connectivity index is 1.61. The van der Waals surface area contributed by atoms with Crippen LogP contribution in [0.3, 0.4) is 0 Å². The van der Waals surface area contributed by atoms with E-state index in [1.54, 1.807) is 24.5 Å². The van der Waals surface area contributed by atoms with E-state index in [2.05, 4.69) is 9.84 Å². The van der Waals surface area contributed by atoms with Crippen molar-refractivity contribution in [2.45, 2.75) is 6.18 Å². The molecule has 0 radical (unpaired) electrons. The number of hydrogen-bond donors (Lipinski definition) is 0. The number of ketones is 1. The molecule has 8 nitrogen and oxygen atoms in total. The minimum atomic E-state index is -4.57. The summed E-state index contributed by atoms with van der Waals surface area (Å²) in [7, 11) is 1.21. The minimum absolute atomic E-state index is 0.0697. The van der Waals surface area contributed by atoms with Gasteiger partial charge in [0.15, 0.2) is 18.2 Å². The molecule has 0 aliphatic carbocycles. The summed E-state index contributed by atoms with van der Waals surface area (Å²) in [5.74, 6) is -1.97. The number of Topliss-reactive ketones (excluding diaryl/α,β-unsaturated/α-hetero) is 1. The third-order valence-electron chi connectivity index (χ3n) is 5.17. The van der Waals surface area contributed by atoms with E-state index in [9.17, 15) is 27.6 Å². The van der Waals surface area contributed by atoms with E-state index in [1.807, 2.05) is 0 Å². The molecule has 0 aliphatic rings. The molecule has 0 bridgehead atoms. The van der Waals surface area contributed by atoms with Crippen LogP contribution in [0.2, 0.25) is 0 Å². The first-order chi connectivity index (χ1) is 17.2. The molecule has 11 heteroatoms. The zero-order chi connectivity index (χ0) is 25.9. The maximum atomic E-state index is 13.2. The van der Waals surface area contributed by atoms with Crippen molar-refractivity contribution in [3.63, 3.8) is 0 Å². The first-order valence-electron chi connectivity index (χ1n) is 10.5. The summed E-state index contributed by atoms with van der Waals surface area (Å²) in [5.41, 5.74) is -0.580. The van der Waals surface area contributed by atoms with Gasteiger partial charge in [0.05, 0.1) is 30.1 Å². The van der Waals surface area contributed by atoms with Gasteiger partial charge >= 0.3 is 18.1 Å². The summed E-state index contributed by atoms with van der Waals surface area (Å²) in [4.78, 5) is 37.1. The number of rotatable bonds is 7. The van der Waals surface area contributed by atoms with Gasteiger partial charge in [-0.3, -0.25) is 4.79 Å². The van der Waals surface area contributed by atoms with Crippen molar-refractivity contribution < 1.29 is 37.0 Å². The molecule has 36 heavy (non-hydrogen) atoms. The van der Waals surface area contributed by atoms with Crippen molar-refractivity contribution in [1.82, 2.24) is 14.3 Å². The first-order valence-corrected chi connectivity index (χ1v) is 10.5. The second-order valence-electron chi connectivity index (χ2n) is 7.50. The predicted octanol–water partition coefficient (Wildman–Crippen LogP) is 4.51. The van der Waals surface area contributed by atoms with Gasteiger partial charge in [-0.05, 0) is 42.5 Å². The Hall–Kier alpha value is -4.67. The number of benzene rings is 2. The van der Waals surface area contributed by atoms with Crippen LogP contribution in [0.25, 0.3) is 11.5 Å². The molecule has 184 valence electrons. The molecule has 0 atom stereocenters. The van der Waals surface area contributed by atoms with Crippen LogP contribution >= 0.6 is 0 Å². The van der Waals surface area contributed by atoms with Crippen molar-refractivity contribution in [1.29, 1.82) is 0 Å². The number of esters is 2. The zero-order valence-electron chi connectivity index (χ0n) is 18.7. The minimum Gasteiger partial charge on any atom is -0.465 e. The third kappa shape index (κ3) is 5.04. The summed E-state index contributed by atoms with van der Waals surface area (Å²) in [6, 6.07) is 13.6. The normalized spacial score (nSPS) is 11.2. The van der Waals surface area contributed by atoms with Crippen LogP contribution in [0.5, 0.6) is 0 Å². The molecule has 4 rings (SSSR count). The Morgan fingerprint density at radius 3 is 2.31 bits per heavy atom. The molecule has 0 spiro atoms. The lowest BCUT2D eigenvalue weighted by Crippen LogP contribution is -2.16. The number of carbonyl (C=O) groups excluding carboxylic acids is 3. The van der Waals surface area contributed by atoms with E-state index in [0.717, 1.165) is 18.3 Å². The molecule has 2 aromatic heterocycles. The SMILES string of the molecule is COC(=O)c1cccc(C(=O)COC(=O)c2cnn(-c3cccc(C(F)(F)F)c3)c2-n2cccc2)c1. The average molecular weight is 497 g/mol. The van der Waals surface area contributed by atoms with E-state index in [4.69, 9.17) is 4.74 Å². The highest BCUT2D eigenvalue weighted by Crippen LogP contribution is 2.31. The van der Waals surface area contributed by atoms with Crippen LogP contribution in [-0.4, -0.2) is 45.8 Å². The molecule has 0 saturated carbocycles. The van der Waals surface area contributed by atoms with Gasteiger partial charge in [0, 0.05) is 18.0 Å². The maximum absolute atomic E-state index is 13.2. The second-order valence-corrected chi connectivity index (χ2v) is 7.50. The summed E-state index contributed by atoms with van der Waals surface area (Å²) in [6.45, 7) is -0.636. The third-order valence-corrected chi connectivity index (χ3v) is 5.17. The number of halogens is 3. The smallest absolute Gasteiger partial charge is 0.416 e. The molecule has 0 aliphatic heterocycles. The Labute approximate surface area is 202 Å². The van der Waals surface area contributed by atoms with Crippen molar-refractivity contribution in [2.75, 3.05) is 13.7 Å². The molecule has 0 amide bonds. The molecule has 0 saturated heterocycles. The number of nitrogens with zero attached hydrogens (tertiary/aromatic N) is 3. The fourth-order valence-corrected chi connectivity index (χ4v) is 3.44. The standard InChI is InChI=1S/C25H18F3N3O5/c1-35-23(33)17-7-4-6-16(12-17)21(32)15-36-24(34)20-14-29-31(22(20)30-10-2-3-11-30)19-9-5-8-18(13-19)25(26,27)28/h2-14H,15H2,1H3. The predicted molar refractivity (Wildman–Crippen MR) is 120 cm³/mol. The number of aromatic nitrogens is 3. The van der Waals surface area contributed by atoms with Crippen LogP contribution < -0.4 is 0 Å². The summed E-state index contributed by atoms with van der Waals surface area (Å²) < 4.78 is 52.2. The monoisotopic (exact) mass is 497 g/mol. The van der Waals surface area contributed by atoms with Gasteiger partial charge in [0.2, 0.25) is 0 Å². The Kier molecular flexibility index (Phi) is 6.73. The number of ether oxygens (including phenoxy) is 2. The van der Waals surface area contributed by atoms with E-state index < -0.39 is 36.1 Å². The van der Waals surface area contributed by atoms with E-state index >= 15 is 0 Å². The van der Waals surface area contributed by atoms with Gasteiger partial charge in [0.1, 0.15) is 5.56 Å². The number of hydrogen-bond acceptors (Lipinski definition) is 6. The molecule has 0 unspecified atom stereocenters. The molecule has 2 heterocycles. The Bertz CT molecular complexity index is 1420. The summed E-state index contributed by atoms with van der Waals surface area (Å²) in [5, 5.41) is 4.10. The van der Waals surface area contributed by atoms with E-state index in [1.165, 1.54) is 52.8 Å². The van der Waals surface area contributed by atoms with Gasteiger partial charge in [-0.15, -0.1) is 0 Å². The van der Waals surface area contributed by atoms with Crippen molar-refractivity contribution in [2.24, 2.45) is 0 Å². The van der Waals surface area contributed by atoms with E-state index in [-0.39, 0.29) is 28.2 Å². The largest absolute Gasteiger partial charge is 0.465 e. The highest BCUT2D eigenvalue weighted by atomic mass is 19.4. The van der Waals surface area contributed by atoms with Crippen LogP contribution in [0.4, 0.5) is 13.2 Å². The molecule has 0 N–H and O–H groups in total. The lowest BCUT2D eigenvalue weighted by atomic mass is 10.1. The lowest BCUT2D eigenvalue weighted by molar-refractivity contribution is -0.137. The average Bonchev–Trinajstić information content (AvgIpc) is 3.56. The van der Waals surface area contributed by atoms with Gasteiger partial charge < -0.3 is 14.0 Å². The molecule has 0 fully saturated rings. The van der Waals surface area contributed by atoms with Crippen LogP contribution in [0.15, 0.2) is 79.3 Å². The van der Waals surface area contributed by atoms with Crippen molar-refractivity contribution in [3.05, 3.63) is 102 Å². The van der Waals surface area contributed by atoms with Crippen molar-refractivity contribution >= 4 is 17.7 Å². The van der Waals surface area contributed by atoms with E-state index in [0.29, 0.717) is 0 Å². The fraction of sp³-hybridized carbons (Fsp3) is 0.120. The van der Waals surface area contributed by atoms with Crippen LogP contribution in [-0.2, 0) is 15.7 Å². The molecular weight excluding hydrogens is 479 g/mol. The van der Waals surface area contributed by atoms with Crippen LogP contribution in [0, 0.1) is 0 Å². The number of alkyl halides is 3. The maximum Gasteiger partial charge on any atom is 0.416 e.